The summed E-state index contributed by atoms with van der Waals surface area (Å²) in [4.78, 5) is 0. The van der Waals surface area contributed by atoms with Crippen molar-refractivity contribution in [3.8, 4) is 0 Å². The highest BCUT2D eigenvalue weighted by atomic mass is 35.5. The van der Waals surface area contributed by atoms with Gasteiger partial charge in [-0.1, -0.05) is 0 Å². The molecule has 0 heterocycles. The number of hydrogen-bond donors (Lipinski definition) is 0. The Kier molecular flexibility index (Phi) is 4.30. The van der Waals surface area contributed by atoms with Gasteiger partial charge in [0.25, 0.3) is 0 Å². The zero-order valence-corrected chi connectivity index (χ0v) is 9.16. The average molecular weight is 231 g/mol. The number of rotatable bonds is 2. The van der Waals surface area contributed by atoms with Crippen LogP contribution in [0.4, 0.5) is 0 Å². The van der Waals surface area contributed by atoms with Crippen LogP contribution in [0, 0.1) is 0 Å². The maximum atomic E-state index is 10.7. The summed E-state index contributed by atoms with van der Waals surface area (Å²) in [5.41, 5.74) is 0. The summed E-state index contributed by atoms with van der Waals surface area (Å²) in [6, 6.07) is 0. The molecule has 0 radical (unpaired) electrons. The van der Waals surface area contributed by atoms with Crippen molar-refractivity contribution in [2.75, 3.05) is 6.26 Å². The van der Waals surface area contributed by atoms with Gasteiger partial charge in [0, 0.05) is 11.6 Å². The van der Waals surface area contributed by atoms with Gasteiger partial charge >= 0.3 is 0 Å². The van der Waals surface area contributed by atoms with E-state index in [0.717, 1.165) is 19.3 Å². The molecule has 1 rings (SSSR count). The molecule has 1 aliphatic carbocycles. The monoisotopic (exact) mass is 230 g/mol. The second-order valence-corrected chi connectivity index (χ2v) is 5.14. The molecule has 4 atom stereocenters. The molecule has 72 valence electrons. The van der Waals surface area contributed by atoms with Crippen LogP contribution in [0.15, 0.2) is 0 Å². The molecule has 2 nitrogen and oxygen atoms in total. The Morgan fingerprint density at radius 2 is 2.08 bits per heavy atom. The van der Waals surface area contributed by atoms with Gasteiger partial charge in [-0.3, -0.25) is 4.18 Å². The Hall–Kier alpha value is 0.690. The molecule has 0 amide bonds. The maximum Gasteiger partial charge on any atom is 0.152 e. The summed E-state index contributed by atoms with van der Waals surface area (Å²) in [5.74, 6) is 0. The summed E-state index contributed by atoms with van der Waals surface area (Å²) in [6.45, 7) is 0. The van der Waals surface area contributed by atoms with E-state index < -0.39 is 11.1 Å². The van der Waals surface area contributed by atoms with Gasteiger partial charge in [-0.05, 0) is 19.3 Å². The first-order valence-electron chi connectivity index (χ1n) is 3.88. The number of hydrogen-bond acceptors (Lipinski definition) is 2. The average Bonchev–Trinajstić information content (AvgIpc) is 1.94. The van der Waals surface area contributed by atoms with E-state index in [9.17, 15) is 4.21 Å². The first-order chi connectivity index (χ1) is 5.59. The van der Waals surface area contributed by atoms with Crippen molar-refractivity contribution >= 4 is 34.3 Å². The van der Waals surface area contributed by atoms with Crippen LogP contribution in [0.3, 0.4) is 0 Å². The van der Waals surface area contributed by atoms with Crippen LogP contribution < -0.4 is 0 Å². The van der Waals surface area contributed by atoms with Gasteiger partial charge in [-0.25, -0.2) is 4.21 Å². The molecule has 0 spiro atoms. The normalized spacial score (nSPS) is 39.4. The molecule has 0 aromatic heterocycles. The van der Waals surface area contributed by atoms with Crippen molar-refractivity contribution in [3.63, 3.8) is 0 Å². The molecule has 1 saturated carbocycles. The molecule has 1 aliphatic rings. The number of halogens is 2. The highest BCUT2D eigenvalue weighted by Gasteiger charge is 2.29. The van der Waals surface area contributed by atoms with Crippen LogP contribution in [0.5, 0.6) is 0 Å². The lowest BCUT2D eigenvalue weighted by molar-refractivity contribution is 0.181. The molecule has 0 aromatic rings. The Morgan fingerprint density at radius 3 is 2.58 bits per heavy atom. The molecule has 0 aromatic carbocycles. The summed E-state index contributed by atoms with van der Waals surface area (Å²) < 4.78 is 15.9. The highest BCUT2D eigenvalue weighted by Crippen LogP contribution is 2.29. The van der Waals surface area contributed by atoms with Crippen LogP contribution in [0.25, 0.3) is 0 Å². The predicted molar refractivity (Wildman–Crippen MR) is 52.1 cm³/mol. The van der Waals surface area contributed by atoms with Gasteiger partial charge in [0.2, 0.25) is 0 Å². The van der Waals surface area contributed by atoms with Gasteiger partial charge in [0.1, 0.15) is 0 Å². The highest BCUT2D eigenvalue weighted by molar-refractivity contribution is 7.79. The van der Waals surface area contributed by atoms with Gasteiger partial charge in [-0.15, -0.1) is 23.2 Å². The van der Waals surface area contributed by atoms with Crippen molar-refractivity contribution in [1.29, 1.82) is 0 Å². The largest absolute Gasteiger partial charge is 0.286 e. The fourth-order valence-corrected chi connectivity index (χ4v) is 2.76. The molecule has 0 bridgehead atoms. The molecule has 5 heteroatoms. The van der Waals surface area contributed by atoms with Gasteiger partial charge in [0.15, 0.2) is 11.1 Å². The molecule has 0 N–H and O–H groups in total. The van der Waals surface area contributed by atoms with E-state index in [4.69, 9.17) is 27.4 Å². The first kappa shape index (κ1) is 10.8. The molecule has 12 heavy (non-hydrogen) atoms. The lowest BCUT2D eigenvalue weighted by Crippen LogP contribution is -2.33. The summed E-state index contributed by atoms with van der Waals surface area (Å²) in [7, 11) is 0. The summed E-state index contributed by atoms with van der Waals surface area (Å²) in [5, 5.41) is 0.0581. The zero-order valence-electron chi connectivity index (χ0n) is 6.83. The summed E-state index contributed by atoms with van der Waals surface area (Å²) >= 11 is 10.7. The second kappa shape index (κ2) is 4.80. The lowest BCUT2D eigenvalue weighted by Gasteiger charge is -2.28. The van der Waals surface area contributed by atoms with Crippen molar-refractivity contribution in [2.45, 2.75) is 36.1 Å². The van der Waals surface area contributed by atoms with Crippen molar-refractivity contribution < 1.29 is 8.39 Å². The minimum absolute atomic E-state index is 0.0903. The standard InChI is InChI=1S/C7H12Cl2O2S/c1-12(10)11-7-3-2-5(8)4-6(7)9/h5-7H,2-4H2,1H3. The lowest BCUT2D eigenvalue weighted by atomic mass is 9.97. The van der Waals surface area contributed by atoms with Crippen molar-refractivity contribution in [2.24, 2.45) is 0 Å². The van der Waals surface area contributed by atoms with Crippen LogP contribution in [-0.2, 0) is 15.3 Å². The number of alkyl halides is 2. The van der Waals surface area contributed by atoms with E-state index in [-0.39, 0.29) is 16.9 Å². The fraction of sp³-hybridized carbons (Fsp3) is 1.00. The minimum Gasteiger partial charge on any atom is -0.286 e. The Bertz CT molecular complexity index is 177. The fourth-order valence-electron chi connectivity index (χ4n) is 1.32. The predicted octanol–water partition coefficient (Wildman–Crippen LogP) is 2.06. The smallest absolute Gasteiger partial charge is 0.152 e. The minimum atomic E-state index is -1.22. The molecule has 1 fully saturated rings. The van der Waals surface area contributed by atoms with E-state index in [1.165, 1.54) is 6.26 Å². The van der Waals surface area contributed by atoms with Crippen LogP contribution >= 0.6 is 23.2 Å². The van der Waals surface area contributed by atoms with E-state index in [1.54, 1.807) is 0 Å². The van der Waals surface area contributed by atoms with Crippen LogP contribution in [-0.4, -0.2) is 27.3 Å². The van der Waals surface area contributed by atoms with Gasteiger partial charge in [0.05, 0.1) is 11.5 Å². The van der Waals surface area contributed by atoms with E-state index >= 15 is 0 Å². The molecular formula is C7H12Cl2O2S. The third kappa shape index (κ3) is 3.21. The van der Waals surface area contributed by atoms with E-state index in [2.05, 4.69) is 0 Å². The van der Waals surface area contributed by atoms with Gasteiger partial charge < -0.3 is 0 Å². The molecule has 0 aliphatic heterocycles. The van der Waals surface area contributed by atoms with E-state index in [0.29, 0.717) is 0 Å². The first-order valence-corrected chi connectivity index (χ1v) is 6.24. The van der Waals surface area contributed by atoms with Crippen LogP contribution in [0.2, 0.25) is 0 Å². The van der Waals surface area contributed by atoms with Gasteiger partial charge in [-0.2, -0.15) is 0 Å². The van der Waals surface area contributed by atoms with Crippen molar-refractivity contribution in [3.05, 3.63) is 0 Å². The third-order valence-corrected chi connectivity index (χ3v) is 3.28. The molecule has 0 saturated heterocycles. The topological polar surface area (TPSA) is 26.3 Å². The molecule has 4 unspecified atom stereocenters. The Balaban J connectivity index is 2.39. The van der Waals surface area contributed by atoms with Crippen molar-refractivity contribution in [1.82, 2.24) is 0 Å². The maximum absolute atomic E-state index is 10.7. The third-order valence-electron chi connectivity index (χ3n) is 1.91. The van der Waals surface area contributed by atoms with E-state index in [1.807, 2.05) is 0 Å². The quantitative estimate of drug-likeness (QED) is 0.680. The molecular weight excluding hydrogens is 219 g/mol. The Morgan fingerprint density at radius 1 is 1.42 bits per heavy atom. The summed E-state index contributed by atoms with van der Waals surface area (Å²) in [6.07, 6.45) is 3.86. The Labute approximate surface area is 85.2 Å². The zero-order chi connectivity index (χ0) is 9.14. The van der Waals surface area contributed by atoms with Crippen LogP contribution in [0.1, 0.15) is 19.3 Å². The SMILES string of the molecule is CS(=O)OC1CCC(Cl)CC1Cl. The second-order valence-electron chi connectivity index (χ2n) is 2.96.